The minimum absolute atomic E-state index is 0.678. The monoisotopic (exact) mass is 363 g/mol. The lowest BCUT2D eigenvalue weighted by Crippen LogP contribution is -2.52. The predicted octanol–water partition coefficient (Wildman–Crippen LogP) is 4.45. The molecule has 0 fully saturated rings. The Morgan fingerprint density at radius 1 is 0.739 bits per heavy atom. The molecule has 0 bridgehead atoms. The van der Waals surface area contributed by atoms with Gasteiger partial charge in [-0.2, -0.15) is 0 Å². The van der Waals surface area contributed by atoms with Gasteiger partial charge in [-0.1, -0.05) is 70.6 Å². The van der Waals surface area contributed by atoms with Crippen molar-refractivity contribution in [2.45, 2.75) is 77.1 Å². The zero-order chi connectivity index (χ0) is 18.1. The molecule has 0 aromatic carbocycles. The van der Waals surface area contributed by atoms with Crippen LogP contribution in [0.15, 0.2) is 0 Å². The van der Waals surface area contributed by atoms with Crippen LogP contribution in [-0.4, -0.2) is 50.9 Å². The molecule has 4 nitrogen and oxygen atoms in total. The van der Waals surface area contributed by atoms with Gasteiger partial charge in [-0.05, 0) is 13.0 Å². The molecule has 0 aromatic rings. The third-order valence-electron chi connectivity index (χ3n) is 5.71. The molecule has 0 spiro atoms. The van der Waals surface area contributed by atoms with E-state index in [1.807, 2.05) is 0 Å². The lowest BCUT2D eigenvalue weighted by Gasteiger charge is -2.43. The molecule has 0 atom stereocenters. The summed E-state index contributed by atoms with van der Waals surface area (Å²) in [5, 5.41) is 3.46. The first-order valence-electron chi connectivity index (χ1n) is 9.08. The van der Waals surface area contributed by atoms with Crippen LogP contribution < -0.4 is 5.32 Å². The zero-order valence-electron chi connectivity index (χ0n) is 17.0. The first-order valence-corrected chi connectivity index (χ1v) is 13.5. The summed E-state index contributed by atoms with van der Waals surface area (Å²) in [4.78, 5) is 0. The van der Waals surface area contributed by atoms with Gasteiger partial charge in [0.1, 0.15) is 0 Å². The summed E-state index contributed by atoms with van der Waals surface area (Å²) in [6, 6.07) is 1.43. The van der Waals surface area contributed by atoms with E-state index in [0.29, 0.717) is 6.17 Å². The van der Waals surface area contributed by atoms with E-state index < -0.39 is 16.9 Å². The minimum atomic E-state index is -2.47. The third-order valence-corrected chi connectivity index (χ3v) is 15.9. The summed E-state index contributed by atoms with van der Waals surface area (Å²) in [5.74, 6) is 0. The van der Waals surface area contributed by atoms with Crippen LogP contribution in [0.4, 0.5) is 0 Å². The molecule has 0 aliphatic rings. The number of unbranched alkanes of at least 4 members (excludes halogenated alkanes) is 1. The van der Waals surface area contributed by atoms with Gasteiger partial charge in [0.2, 0.25) is 0 Å². The fraction of sp³-hybridized carbons (Fsp3) is 1.00. The highest BCUT2D eigenvalue weighted by atomic mass is 28.4. The van der Waals surface area contributed by atoms with E-state index in [4.69, 9.17) is 13.3 Å². The van der Waals surface area contributed by atoms with Crippen LogP contribution in [0, 0.1) is 0 Å². The van der Waals surface area contributed by atoms with Gasteiger partial charge in [0.05, 0.1) is 14.2 Å². The zero-order valence-corrected chi connectivity index (χ0v) is 19.0. The van der Waals surface area contributed by atoms with Gasteiger partial charge >= 0.3 is 8.80 Å². The van der Waals surface area contributed by atoms with Gasteiger partial charge in [-0.15, -0.1) is 0 Å². The fourth-order valence-electron chi connectivity index (χ4n) is 4.26. The molecule has 0 saturated carbocycles. The molecule has 0 radical (unpaired) electrons. The Hall–Kier alpha value is 0.274. The second-order valence-corrected chi connectivity index (χ2v) is 16.6. The van der Waals surface area contributed by atoms with Crippen molar-refractivity contribution in [1.29, 1.82) is 0 Å². The lowest BCUT2D eigenvalue weighted by molar-refractivity contribution is 0.122. The van der Waals surface area contributed by atoms with Gasteiger partial charge in [0, 0.05) is 21.3 Å². The predicted molar refractivity (Wildman–Crippen MR) is 105 cm³/mol. The maximum Gasteiger partial charge on any atom is 0.514 e. The number of rotatable bonds is 13. The molecule has 0 saturated heterocycles. The van der Waals surface area contributed by atoms with E-state index in [-0.39, 0.29) is 0 Å². The van der Waals surface area contributed by atoms with E-state index in [0.717, 1.165) is 23.2 Å². The first-order chi connectivity index (χ1) is 10.7. The maximum atomic E-state index is 5.43. The molecular weight excluding hydrogens is 322 g/mol. The van der Waals surface area contributed by atoms with Gasteiger partial charge in [-0.3, -0.25) is 0 Å². The average molecular weight is 364 g/mol. The number of hydrogen-bond acceptors (Lipinski definition) is 4. The van der Waals surface area contributed by atoms with Gasteiger partial charge in [0.25, 0.3) is 0 Å². The quantitative estimate of drug-likeness (QED) is 0.387. The molecule has 6 heteroatoms. The summed E-state index contributed by atoms with van der Waals surface area (Å²) in [5.41, 5.74) is 2.56. The topological polar surface area (TPSA) is 39.7 Å². The highest BCUT2D eigenvalue weighted by Crippen LogP contribution is 2.45. The Kier molecular flexibility index (Phi) is 11.1. The third kappa shape index (κ3) is 6.25. The Balaban J connectivity index is 4.33. The second-order valence-electron chi connectivity index (χ2n) is 7.51. The van der Waals surface area contributed by atoms with E-state index >= 15 is 0 Å². The lowest BCUT2D eigenvalue weighted by atomic mass is 10.3. The van der Waals surface area contributed by atoms with Gasteiger partial charge < -0.3 is 18.6 Å². The number of nitrogens with one attached hydrogen (secondary N) is 1. The largest absolute Gasteiger partial charge is 0.514 e. The van der Waals surface area contributed by atoms with Crippen LogP contribution in [0.25, 0.3) is 0 Å². The van der Waals surface area contributed by atoms with Crippen molar-refractivity contribution in [1.82, 2.24) is 5.32 Å². The molecule has 0 amide bonds. The minimum Gasteiger partial charge on any atom is -0.376 e. The van der Waals surface area contributed by atoms with Crippen molar-refractivity contribution < 1.29 is 13.3 Å². The average Bonchev–Trinajstić information content (AvgIpc) is 2.50. The number of hydrogen-bond donors (Lipinski definition) is 1. The normalized spacial score (nSPS) is 13.6. The summed E-state index contributed by atoms with van der Waals surface area (Å²) in [6.07, 6.45) is 3.20. The van der Waals surface area contributed by atoms with Crippen LogP contribution in [-0.2, 0) is 13.3 Å². The summed E-state index contributed by atoms with van der Waals surface area (Å²) < 4.78 is 16.3. The molecule has 140 valence electrons. The Morgan fingerprint density at radius 3 is 1.52 bits per heavy atom. The summed E-state index contributed by atoms with van der Waals surface area (Å²) >= 11 is 0. The van der Waals surface area contributed by atoms with Crippen molar-refractivity contribution in [3.8, 4) is 0 Å². The SMILES string of the molecule is CO[Si](CNCCCC[Si](C(C)C)(C(C)C)C(C)C)(OC)OC. The molecule has 0 heterocycles. The molecule has 23 heavy (non-hydrogen) atoms. The maximum absolute atomic E-state index is 5.43. The van der Waals surface area contributed by atoms with E-state index in [2.05, 4.69) is 46.9 Å². The van der Waals surface area contributed by atoms with E-state index in [1.54, 1.807) is 21.3 Å². The van der Waals surface area contributed by atoms with Crippen molar-refractivity contribution in [2.24, 2.45) is 0 Å². The van der Waals surface area contributed by atoms with Crippen LogP contribution in [0.1, 0.15) is 54.4 Å². The summed E-state index contributed by atoms with van der Waals surface area (Å²) in [6.45, 7) is 15.7. The van der Waals surface area contributed by atoms with Crippen molar-refractivity contribution in [3.05, 3.63) is 0 Å². The highest BCUT2D eigenvalue weighted by molar-refractivity contribution is 6.83. The van der Waals surface area contributed by atoms with Crippen LogP contribution in [0.5, 0.6) is 0 Å². The molecule has 1 N–H and O–H groups in total. The van der Waals surface area contributed by atoms with Crippen molar-refractivity contribution in [3.63, 3.8) is 0 Å². The molecule has 0 aromatic heterocycles. The van der Waals surface area contributed by atoms with Crippen molar-refractivity contribution >= 4 is 16.9 Å². The molecule has 0 rings (SSSR count). The van der Waals surface area contributed by atoms with E-state index in [1.165, 1.54) is 18.9 Å². The Bertz CT molecular complexity index is 278. The molecule has 0 aliphatic heterocycles. The fourth-order valence-corrected chi connectivity index (χ4v) is 12.3. The smallest absolute Gasteiger partial charge is 0.376 e. The van der Waals surface area contributed by atoms with Gasteiger partial charge in [-0.25, -0.2) is 0 Å². The van der Waals surface area contributed by atoms with Crippen molar-refractivity contribution in [2.75, 3.05) is 34.0 Å². The second kappa shape index (κ2) is 11.0. The Labute approximate surface area is 147 Å². The molecular formula is C17H41NO3Si2. The summed E-state index contributed by atoms with van der Waals surface area (Å²) in [7, 11) is 1.28. The van der Waals surface area contributed by atoms with Crippen LogP contribution >= 0.6 is 0 Å². The van der Waals surface area contributed by atoms with E-state index in [9.17, 15) is 0 Å². The first kappa shape index (κ1) is 23.3. The van der Waals surface area contributed by atoms with Crippen LogP contribution in [0.2, 0.25) is 22.7 Å². The highest BCUT2D eigenvalue weighted by Gasteiger charge is 2.41. The molecule has 0 aliphatic carbocycles. The van der Waals surface area contributed by atoms with Gasteiger partial charge in [0.15, 0.2) is 0 Å². The molecule has 0 unspecified atom stereocenters. The Morgan fingerprint density at radius 2 is 1.17 bits per heavy atom. The standard InChI is InChI=1S/C17H41NO3Si2/c1-15(2)22(16(3)4,17(5)6)13-11-10-12-18-14-23(19-7,20-8)21-9/h15-18H,10-14H2,1-9H3. The van der Waals surface area contributed by atoms with Crippen LogP contribution in [0.3, 0.4) is 0 Å².